The summed E-state index contributed by atoms with van der Waals surface area (Å²) >= 11 is 0.788. The van der Waals surface area contributed by atoms with E-state index in [0.29, 0.717) is 4.90 Å². The number of hydrogen-bond acceptors (Lipinski definition) is 4. The average Bonchev–Trinajstić information content (AvgIpc) is 2.49. The number of rotatable bonds is 6. The molecule has 4 nitrogen and oxygen atoms in total. The fourth-order valence-corrected chi connectivity index (χ4v) is 2.31. The van der Waals surface area contributed by atoms with Gasteiger partial charge >= 0.3 is 0 Å². The highest BCUT2D eigenvalue weighted by Gasteiger charge is 2.22. The van der Waals surface area contributed by atoms with E-state index >= 15 is 0 Å². The zero-order chi connectivity index (χ0) is 17.0. The van der Waals surface area contributed by atoms with E-state index in [4.69, 9.17) is 19.9 Å². The van der Waals surface area contributed by atoms with Crippen LogP contribution in [0, 0.1) is 21.7 Å². The van der Waals surface area contributed by atoms with Gasteiger partial charge in [-0.1, -0.05) is 0 Å². The minimum atomic E-state index is -1.75. The molecule has 9 heteroatoms. The van der Waals surface area contributed by atoms with Gasteiger partial charge in [0.25, 0.3) is 5.69 Å². The third kappa shape index (κ3) is 5.07. The molecule has 0 spiro atoms. The van der Waals surface area contributed by atoms with Crippen LogP contribution in [-0.4, -0.2) is 26.0 Å². The van der Waals surface area contributed by atoms with Gasteiger partial charge in [-0.05, 0) is 42.3 Å². The molecule has 0 amide bonds. The van der Waals surface area contributed by atoms with Gasteiger partial charge in [0, 0.05) is 34.5 Å². The molecule has 4 radical (unpaired) electrons. The average molecular weight is 331 g/mol. The molecule has 2 rings (SSSR count). The van der Waals surface area contributed by atoms with Crippen molar-refractivity contribution < 1.29 is 17.9 Å². The van der Waals surface area contributed by atoms with Gasteiger partial charge in [0.2, 0.25) is 0 Å². The van der Waals surface area contributed by atoms with Gasteiger partial charge in [0.1, 0.15) is 27.3 Å². The van der Waals surface area contributed by atoms with Gasteiger partial charge in [0.15, 0.2) is 0 Å². The van der Waals surface area contributed by atoms with Crippen LogP contribution in [-0.2, 0) is 10.6 Å². The van der Waals surface area contributed by atoms with Crippen LogP contribution in [0.4, 0.5) is 14.5 Å². The molecule has 0 saturated carbocycles. The van der Waals surface area contributed by atoms with Gasteiger partial charge in [-0.25, -0.2) is 8.78 Å². The Bertz CT molecular complexity index is 714. The second-order valence-electron chi connectivity index (χ2n) is 4.79. The predicted molar refractivity (Wildman–Crippen MR) is 84.3 cm³/mol. The predicted octanol–water partition coefficient (Wildman–Crippen LogP) is 3.13. The van der Waals surface area contributed by atoms with Crippen molar-refractivity contribution >= 4 is 33.4 Å². The molecule has 0 aliphatic heterocycles. The summed E-state index contributed by atoms with van der Waals surface area (Å²) in [5, 5.41) is 8.80. The second-order valence-corrected chi connectivity index (χ2v) is 5.59. The van der Waals surface area contributed by atoms with Crippen LogP contribution in [0.15, 0.2) is 47.4 Å². The van der Waals surface area contributed by atoms with E-state index in [2.05, 4.69) is 0 Å². The third-order valence-corrected chi connectivity index (χ3v) is 3.67. The van der Waals surface area contributed by atoms with E-state index in [1.54, 1.807) is 0 Å². The topological polar surface area (TPSA) is 52.4 Å². The summed E-state index contributed by atoms with van der Waals surface area (Å²) in [5.74, 6) is -1.25. The van der Waals surface area contributed by atoms with Crippen LogP contribution < -0.4 is 0 Å². The van der Waals surface area contributed by atoms with Crippen LogP contribution in [0.1, 0.15) is 5.56 Å². The number of nitro groups is 1. The molecule has 2 aromatic carbocycles. The Morgan fingerprint density at radius 1 is 1.17 bits per heavy atom. The Hall–Kier alpha value is -1.86. The first kappa shape index (κ1) is 17.5. The maximum absolute atomic E-state index is 13.6. The first-order chi connectivity index (χ1) is 10.8. The van der Waals surface area contributed by atoms with E-state index in [1.165, 1.54) is 24.3 Å². The minimum Gasteiger partial charge on any atom is -0.323 e. The molecule has 0 saturated heterocycles. The summed E-state index contributed by atoms with van der Waals surface area (Å²) in [6.45, 7) is 0. The van der Waals surface area contributed by atoms with E-state index in [0.717, 1.165) is 30.2 Å². The SMILES string of the molecule is [B]C([B])(Cc1cc(F)ccc1F)OSc1ccc([N+](=O)[O-])cc1. The molecule has 0 fully saturated rings. The van der Waals surface area contributed by atoms with Crippen molar-refractivity contribution in [2.45, 2.75) is 16.7 Å². The van der Waals surface area contributed by atoms with Gasteiger partial charge < -0.3 is 4.18 Å². The zero-order valence-corrected chi connectivity index (χ0v) is 12.6. The van der Waals surface area contributed by atoms with E-state index in [1.807, 2.05) is 0 Å². The van der Waals surface area contributed by atoms with E-state index in [9.17, 15) is 18.9 Å². The van der Waals surface area contributed by atoms with Crippen molar-refractivity contribution in [3.63, 3.8) is 0 Å². The Morgan fingerprint density at radius 3 is 2.43 bits per heavy atom. The molecule has 0 aliphatic rings. The van der Waals surface area contributed by atoms with Gasteiger partial charge in [-0.3, -0.25) is 10.1 Å². The molecule has 114 valence electrons. The largest absolute Gasteiger partial charge is 0.323 e. The summed E-state index contributed by atoms with van der Waals surface area (Å²) in [7, 11) is 11.5. The highest BCUT2D eigenvalue weighted by atomic mass is 32.2. The Labute approximate surface area is 138 Å². The van der Waals surface area contributed by atoms with Crippen molar-refractivity contribution in [2.24, 2.45) is 0 Å². The summed E-state index contributed by atoms with van der Waals surface area (Å²) < 4.78 is 31.9. The highest BCUT2D eigenvalue weighted by molar-refractivity contribution is 7.94. The standard InChI is InChI=1S/C14H9B2F2NO3S/c15-14(16,8-9-7-10(17)1-6-13(9)18)22-23-12-4-2-11(3-5-12)19(20)21/h1-7H,8H2. The monoisotopic (exact) mass is 331 g/mol. The van der Waals surface area contributed by atoms with Crippen LogP contribution in [0.5, 0.6) is 0 Å². The molecule has 0 heterocycles. The van der Waals surface area contributed by atoms with Crippen molar-refractivity contribution in [3.05, 3.63) is 69.8 Å². The number of nitrogens with zero attached hydrogens (tertiary/aromatic N) is 1. The number of nitro benzene ring substituents is 1. The Morgan fingerprint density at radius 2 is 1.83 bits per heavy atom. The molecule has 23 heavy (non-hydrogen) atoms. The Kier molecular flexibility index (Phi) is 5.43. The summed E-state index contributed by atoms with van der Waals surface area (Å²) in [4.78, 5) is 10.5. The molecule has 0 aromatic heterocycles. The lowest BCUT2D eigenvalue weighted by molar-refractivity contribution is -0.384. The summed E-state index contributed by atoms with van der Waals surface area (Å²) in [6.07, 6.45) is -0.253. The smallest absolute Gasteiger partial charge is 0.269 e. The molecule has 0 bridgehead atoms. The first-order valence-electron chi connectivity index (χ1n) is 6.39. The number of non-ortho nitro benzene ring substituents is 1. The maximum atomic E-state index is 13.6. The van der Waals surface area contributed by atoms with Crippen molar-refractivity contribution in [1.82, 2.24) is 0 Å². The lowest BCUT2D eigenvalue weighted by Gasteiger charge is -2.25. The normalized spacial score (nSPS) is 11.4. The van der Waals surface area contributed by atoms with E-state index in [-0.39, 0.29) is 17.7 Å². The van der Waals surface area contributed by atoms with Crippen LogP contribution in [0.25, 0.3) is 0 Å². The van der Waals surface area contributed by atoms with Crippen LogP contribution in [0.2, 0.25) is 0 Å². The maximum Gasteiger partial charge on any atom is 0.269 e. The third-order valence-electron chi connectivity index (χ3n) is 2.82. The number of hydrogen-bond donors (Lipinski definition) is 0. The van der Waals surface area contributed by atoms with Gasteiger partial charge in [-0.2, -0.15) is 0 Å². The van der Waals surface area contributed by atoms with Crippen LogP contribution in [0.3, 0.4) is 0 Å². The molecule has 0 atom stereocenters. The van der Waals surface area contributed by atoms with Crippen molar-refractivity contribution in [1.29, 1.82) is 0 Å². The lowest BCUT2D eigenvalue weighted by Crippen LogP contribution is -2.34. The summed E-state index contributed by atoms with van der Waals surface area (Å²) in [5.41, 5.74) is -0.0813. The Balaban J connectivity index is 2.00. The summed E-state index contributed by atoms with van der Waals surface area (Å²) in [6, 6.07) is 8.47. The second kappa shape index (κ2) is 7.14. The van der Waals surface area contributed by atoms with Gasteiger partial charge in [-0.15, -0.1) is 0 Å². The first-order valence-corrected chi connectivity index (χ1v) is 7.13. The van der Waals surface area contributed by atoms with Gasteiger partial charge in [0.05, 0.1) is 4.92 Å². The van der Waals surface area contributed by atoms with Crippen LogP contribution >= 0.6 is 12.0 Å². The number of benzene rings is 2. The molecule has 0 unspecified atom stereocenters. The van der Waals surface area contributed by atoms with Crippen molar-refractivity contribution in [3.8, 4) is 0 Å². The molecular weight excluding hydrogens is 322 g/mol. The fourth-order valence-electron chi connectivity index (χ4n) is 1.76. The zero-order valence-electron chi connectivity index (χ0n) is 11.7. The fraction of sp³-hybridized carbons (Fsp3) is 0.143. The van der Waals surface area contributed by atoms with E-state index < -0.39 is 22.0 Å². The van der Waals surface area contributed by atoms with Crippen molar-refractivity contribution in [2.75, 3.05) is 0 Å². The molecule has 2 aromatic rings. The number of halogens is 2. The molecular formula is C14H9B2F2NO3S. The molecule has 0 N–H and O–H groups in total. The lowest BCUT2D eigenvalue weighted by atomic mass is 9.62. The highest BCUT2D eigenvalue weighted by Crippen LogP contribution is 2.27. The molecule has 0 aliphatic carbocycles. The quantitative estimate of drug-likeness (QED) is 0.353. The minimum absolute atomic E-state index is 0.0145.